The molecule has 1 aromatic heterocycles. The molecule has 1 N–H and O–H groups in total. The number of rotatable bonds is 5. The molecule has 0 aliphatic carbocycles. The Balaban J connectivity index is 1.94. The third kappa shape index (κ3) is 2.60. The van der Waals surface area contributed by atoms with Gasteiger partial charge in [-0.2, -0.15) is 11.3 Å². The van der Waals surface area contributed by atoms with Gasteiger partial charge in [-0.25, -0.2) is 0 Å². The van der Waals surface area contributed by atoms with Crippen LogP contribution in [0.1, 0.15) is 41.6 Å². The van der Waals surface area contributed by atoms with Crippen LogP contribution in [0.15, 0.2) is 29.0 Å². The summed E-state index contributed by atoms with van der Waals surface area (Å²) in [6.45, 7) is 6.26. The van der Waals surface area contributed by atoms with Crippen molar-refractivity contribution in [1.29, 1.82) is 0 Å². The monoisotopic (exact) mass is 287 g/mol. The fourth-order valence-electron chi connectivity index (χ4n) is 2.75. The molecule has 20 heavy (non-hydrogen) atoms. The molecule has 2 aromatic rings. The molecule has 0 saturated carbocycles. The first-order valence-corrected chi connectivity index (χ1v) is 8.25. The lowest BCUT2D eigenvalue weighted by atomic mass is 9.96. The maximum absolute atomic E-state index is 5.61. The summed E-state index contributed by atoms with van der Waals surface area (Å²) in [5, 5.41) is 8.18. The zero-order chi connectivity index (χ0) is 13.9. The Bertz CT molecular complexity index is 590. The van der Waals surface area contributed by atoms with E-state index in [0.29, 0.717) is 6.04 Å². The Morgan fingerprint density at radius 1 is 1.35 bits per heavy atom. The Labute approximate surface area is 124 Å². The van der Waals surface area contributed by atoms with Gasteiger partial charge in [0.1, 0.15) is 5.75 Å². The van der Waals surface area contributed by atoms with Crippen LogP contribution in [0.3, 0.4) is 0 Å². The van der Waals surface area contributed by atoms with Gasteiger partial charge in [0, 0.05) is 6.42 Å². The number of benzene rings is 1. The van der Waals surface area contributed by atoms with Crippen molar-refractivity contribution in [3.63, 3.8) is 0 Å². The van der Waals surface area contributed by atoms with Gasteiger partial charge in [-0.05, 0) is 59.0 Å². The van der Waals surface area contributed by atoms with Crippen molar-refractivity contribution in [1.82, 2.24) is 5.32 Å². The summed E-state index contributed by atoms with van der Waals surface area (Å²) in [6, 6.07) is 6.94. The van der Waals surface area contributed by atoms with Crippen molar-refractivity contribution < 1.29 is 4.74 Å². The van der Waals surface area contributed by atoms with E-state index >= 15 is 0 Å². The molecule has 3 rings (SSSR count). The minimum absolute atomic E-state index is 0.298. The number of aryl methyl sites for hydroxylation is 1. The summed E-state index contributed by atoms with van der Waals surface area (Å²) in [5.74, 6) is 1.06. The summed E-state index contributed by atoms with van der Waals surface area (Å²) in [4.78, 5) is 0. The fourth-order valence-corrected chi connectivity index (χ4v) is 3.63. The highest BCUT2D eigenvalue weighted by Gasteiger charge is 2.19. The number of hydrogen-bond donors (Lipinski definition) is 1. The Morgan fingerprint density at radius 2 is 2.25 bits per heavy atom. The summed E-state index contributed by atoms with van der Waals surface area (Å²) in [5.41, 5.74) is 5.48. The van der Waals surface area contributed by atoms with E-state index in [9.17, 15) is 0 Å². The molecule has 2 nitrogen and oxygen atoms in total. The third-order valence-corrected chi connectivity index (χ3v) is 4.73. The Kier molecular flexibility index (Phi) is 4.08. The molecular formula is C17H21NOS. The average molecular weight is 287 g/mol. The van der Waals surface area contributed by atoms with Crippen LogP contribution < -0.4 is 10.1 Å². The van der Waals surface area contributed by atoms with E-state index < -0.39 is 0 Å². The van der Waals surface area contributed by atoms with E-state index in [1.807, 2.05) is 0 Å². The van der Waals surface area contributed by atoms with Crippen LogP contribution in [0, 0.1) is 6.92 Å². The van der Waals surface area contributed by atoms with Crippen LogP contribution >= 0.6 is 11.3 Å². The first-order chi connectivity index (χ1) is 9.79. The Hall–Kier alpha value is -1.32. The molecule has 1 aliphatic heterocycles. The summed E-state index contributed by atoms with van der Waals surface area (Å²) in [7, 11) is 0. The van der Waals surface area contributed by atoms with Crippen LogP contribution in [-0.4, -0.2) is 13.2 Å². The molecule has 0 saturated heterocycles. The highest BCUT2D eigenvalue weighted by Crippen LogP contribution is 2.32. The molecule has 1 aromatic carbocycles. The van der Waals surface area contributed by atoms with Gasteiger partial charge in [0.15, 0.2) is 0 Å². The van der Waals surface area contributed by atoms with Gasteiger partial charge in [0.2, 0.25) is 0 Å². The number of hydrogen-bond acceptors (Lipinski definition) is 3. The zero-order valence-electron chi connectivity index (χ0n) is 12.1. The summed E-state index contributed by atoms with van der Waals surface area (Å²) < 4.78 is 5.61. The van der Waals surface area contributed by atoms with Crippen molar-refractivity contribution in [3.8, 4) is 5.75 Å². The molecule has 106 valence electrons. The molecule has 1 unspecified atom stereocenters. The van der Waals surface area contributed by atoms with Crippen LogP contribution in [0.5, 0.6) is 5.75 Å². The van der Waals surface area contributed by atoms with E-state index in [1.54, 1.807) is 11.3 Å². The second-order valence-electron chi connectivity index (χ2n) is 5.36. The van der Waals surface area contributed by atoms with Gasteiger partial charge in [0.25, 0.3) is 0 Å². The van der Waals surface area contributed by atoms with Gasteiger partial charge in [-0.3, -0.25) is 0 Å². The molecule has 1 atom stereocenters. The molecule has 0 spiro atoms. The molecule has 0 fully saturated rings. The van der Waals surface area contributed by atoms with Gasteiger partial charge < -0.3 is 10.1 Å². The van der Waals surface area contributed by atoms with Crippen LogP contribution in [0.25, 0.3) is 0 Å². The van der Waals surface area contributed by atoms with Gasteiger partial charge >= 0.3 is 0 Å². The normalized spacial score (nSPS) is 14.9. The maximum Gasteiger partial charge on any atom is 0.122 e. The minimum atomic E-state index is 0.298. The average Bonchev–Trinajstić information content (AvgIpc) is 3.08. The van der Waals surface area contributed by atoms with Gasteiger partial charge in [0.05, 0.1) is 12.6 Å². The maximum atomic E-state index is 5.61. The predicted octanol–water partition coefficient (Wildman–Crippen LogP) is 4.08. The smallest absolute Gasteiger partial charge is 0.122 e. The summed E-state index contributed by atoms with van der Waals surface area (Å²) in [6.07, 6.45) is 2.18. The quantitative estimate of drug-likeness (QED) is 0.894. The van der Waals surface area contributed by atoms with Crippen LogP contribution in [0.4, 0.5) is 0 Å². The van der Waals surface area contributed by atoms with Crippen molar-refractivity contribution in [2.24, 2.45) is 0 Å². The first kappa shape index (κ1) is 13.7. The third-order valence-electron chi connectivity index (χ3n) is 3.85. The Morgan fingerprint density at radius 3 is 3.00 bits per heavy atom. The molecular weight excluding hydrogens is 266 g/mol. The van der Waals surface area contributed by atoms with E-state index in [2.05, 4.69) is 48.1 Å². The van der Waals surface area contributed by atoms with E-state index in [1.165, 1.54) is 22.3 Å². The second kappa shape index (κ2) is 5.98. The van der Waals surface area contributed by atoms with E-state index in [4.69, 9.17) is 4.74 Å². The number of nitrogens with one attached hydrogen (secondary N) is 1. The zero-order valence-corrected chi connectivity index (χ0v) is 12.9. The predicted molar refractivity (Wildman–Crippen MR) is 84.8 cm³/mol. The lowest BCUT2D eigenvalue weighted by Crippen LogP contribution is -2.23. The lowest BCUT2D eigenvalue weighted by molar-refractivity contribution is 0.357. The molecule has 2 heterocycles. The standard InChI is InChI=1S/C17H21NOS/c1-3-7-18-17(15-11-20-10-12(15)2)14-4-5-16-13(9-14)6-8-19-16/h4-5,9-11,17-18H,3,6-8H2,1-2H3. The molecule has 0 radical (unpaired) electrons. The number of thiophene rings is 1. The fraction of sp³-hybridized carbons (Fsp3) is 0.412. The number of ether oxygens (including phenoxy) is 1. The van der Waals surface area contributed by atoms with E-state index in [-0.39, 0.29) is 0 Å². The topological polar surface area (TPSA) is 21.3 Å². The molecule has 0 bridgehead atoms. The SMILES string of the molecule is CCCNC(c1ccc2c(c1)CCO2)c1cscc1C. The number of fused-ring (bicyclic) bond motifs is 1. The highest BCUT2D eigenvalue weighted by molar-refractivity contribution is 7.08. The first-order valence-electron chi connectivity index (χ1n) is 7.31. The van der Waals surface area contributed by atoms with Gasteiger partial charge in [-0.1, -0.05) is 19.1 Å². The molecule has 1 aliphatic rings. The van der Waals surface area contributed by atoms with Crippen molar-refractivity contribution in [2.45, 2.75) is 32.7 Å². The van der Waals surface area contributed by atoms with Crippen molar-refractivity contribution >= 4 is 11.3 Å². The van der Waals surface area contributed by atoms with Crippen LogP contribution in [-0.2, 0) is 6.42 Å². The lowest BCUT2D eigenvalue weighted by Gasteiger charge is -2.20. The van der Waals surface area contributed by atoms with Crippen LogP contribution in [0.2, 0.25) is 0 Å². The van der Waals surface area contributed by atoms with Crippen molar-refractivity contribution in [3.05, 3.63) is 51.2 Å². The largest absolute Gasteiger partial charge is 0.493 e. The second-order valence-corrected chi connectivity index (χ2v) is 6.11. The van der Waals surface area contributed by atoms with E-state index in [0.717, 1.165) is 31.7 Å². The minimum Gasteiger partial charge on any atom is -0.493 e. The van der Waals surface area contributed by atoms with Crippen molar-refractivity contribution in [2.75, 3.05) is 13.2 Å². The highest BCUT2D eigenvalue weighted by atomic mass is 32.1. The molecule has 3 heteroatoms. The molecule has 0 amide bonds. The van der Waals surface area contributed by atoms with Gasteiger partial charge in [-0.15, -0.1) is 0 Å². The summed E-state index contributed by atoms with van der Waals surface area (Å²) >= 11 is 1.78.